The third-order valence-corrected chi connectivity index (χ3v) is 7.19. The van der Waals surface area contributed by atoms with Gasteiger partial charge >= 0.3 is 6.18 Å². The van der Waals surface area contributed by atoms with Crippen molar-refractivity contribution in [3.8, 4) is 0 Å². The lowest BCUT2D eigenvalue weighted by Gasteiger charge is -2.34. The number of halogens is 3. The van der Waals surface area contributed by atoms with Gasteiger partial charge in [0.15, 0.2) is 0 Å². The highest BCUT2D eigenvalue weighted by Crippen LogP contribution is 2.30. The topological polar surface area (TPSA) is 86.8 Å². The van der Waals surface area contributed by atoms with E-state index >= 15 is 0 Å². The van der Waals surface area contributed by atoms with E-state index in [9.17, 15) is 31.2 Å². The van der Waals surface area contributed by atoms with Crippen molar-refractivity contribution in [2.45, 2.75) is 23.9 Å². The second kappa shape index (κ2) is 10.3. The first-order valence-electron chi connectivity index (χ1n) is 10.3. The summed E-state index contributed by atoms with van der Waals surface area (Å²) in [5.74, 6) is -0.400. The first-order valence-corrected chi connectivity index (χ1v) is 11.8. The van der Waals surface area contributed by atoms with Crippen LogP contribution in [0, 0.1) is 0 Å². The van der Waals surface area contributed by atoms with E-state index < -0.39 is 21.8 Å². The number of piperazine rings is 1. The van der Waals surface area contributed by atoms with Crippen molar-refractivity contribution < 1.29 is 31.2 Å². The van der Waals surface area contributed by atoms with Gasteiger partial charge in [0.1, 0.15) is 0 Å². The Morgan fingerprint density at radius 1 is 0.909 bits per heavy atom. The highest BCUT2D eigenvalue weighted by atomic mass is 32.2. The Hall–Kier alpha value is -2.92. The van der Waals surface area contributed by atoms with Crippen LogP contribution in [0.25, 0.3) is 0 Å². The first-order chi connectivity index (χ1) is 15.6. The van der Waals surface area contributed by atoms with E-state index in [0.717, 1.165) is 34.1 Å². The van der Waals surface area contributed by atoms with E-state index in [4.69, 9.17) is 0 Å². The number of benzene rings is 2. The molecule has 0 unspecified atom stereocenters. The van der Waals surface area contributed by atoms with Crippen molar-refractivity contribution >= 4 is 21.8 Å². The Morgan fingerprint density at radius 3 is 2.09 bits per heavy atom. The molecule has 0 radical (unpaired) electrons. The number of sulfonamides is 1. The van der Waals surface area contributed by atoms with E-state index in [1.807, 2.05) is 30.3 Å². The maximum Gasteiger partial charge on any atom is 0.416 e. The van der Waals surface area contributed by atoms with Crippen LogP contribution >= 0.6 is 0 Å². The molecule has 1 fully saturated rings. The molecule has 0 aliphatic carbocycles. The fourth-order valence-corrected chi connectivity index (χ4v) is 4.88. The van der Waals surface area contributed by atoms with Gasteiger partial charge in [-0.05, 0) is 29.8 Å². The summed E-state index contributed by atoms with van der Waals surface area (Å²) in [6.45, 7) is 0.576. The van der Waals surface area contributed by atoms with Crippen molar-refractivity contribution in [3.63, 3.8) is 0 Å². The molecule has 0 aromatic heterocycles. The van der Waals surface area contributed by atoms with Crippen LogP contribution in [0.15, 0.2) is 59.5 Å². The van der Waals surface area contributed by atoms with Gasteiger partial charge in [-0.1, -0.05) is 30.3 Å². The van der Waals surface area contributed by atoms with Gasteiger partial charge in [0.05, 0.1) is 16.9 Å². The number of hydrogen-bond acceptors (Lipinski definition) is 4. The molecule has 0 saturated carbocycles. The average Bonchev–Trinajstić information content (AvgIpc) is 2.79. The van der Waals surface area contributed by atoms with Gasteiger partial charge in [0.2, 0.25) is 21.8 Å². The molecular formula is C22H24F3N3O4S. The summed E-state index contributed by atoms with van der Waals surface area (Å²) in [7, 11) is -3.96. The molecule has 2 amide bonds. The predicted octanol–water partition coefficient (Wildman–Crippen LogP) is 2.29. The van der Waals surface area contributed by atoms with Gasteiger partial charge in [-0.3, -0.25) is 9.59 Å². The summed E-state index contributed by atoms with van der Waals surface area (Å²) in [4.78, 5) is 25.6. The van der Waals surface area contributed by atoms with Crippen LogP contribution in [0.4, 0.5) is 13.2 Å². The smallest absolute Gasteiger partial charge is 0.355 e. The van der Waals surface area contributed by atoms with Gasteiger partial charge in [-0.2, -0.15) is 17.5 Å². The molecule has 1 N–H and O–H groups in total. The zero-order chi connectivity index (χ0) is 24.1. The van der Waals surface area contributed by atoms with Crippen LogP contribution in [0.3, 0.4) is 0 Å². The van der Waals surface area contributed by atoms with Gasteiger partial charge in [-0.15, -0.1) is 0 Å². The molecule has 11 heteroatoms. The molecule has 0 spiro atoms. The molecule has 33 heavy (non-hydrogen) atoms. The normalized spacial score (nSPS) is 15.3. The lowest BCUT2D eigenvalue weighted by Crippen LogP contribution is -2.50. The monoisotopic (exact) mass is 483 g/mol. The number of carbonyl (C=O) groups excluding carboxylic acids is 2. The second-order valence-corrected chi connectivity index (χ2v) is 9.51. The van der Waals surface area contributed by atoms with Crippen molar-refractivity contribution in [1.29, 1.82) is 0 Å². The maximum atomic E-state index is 12.7. The second-order valence-electron chi connectivity index (χ2n) is 7.57. The number of hydrogen-bond donors (Lipinski definition) is 1. The lowest BCUT2D eigenvalue weighted by molar-refractivity contribution is -0.137. The van der Waals surface area contributed by atoms with Crippen LogP contribution in [-0.4, -0.2) is 62.2 Å². The molecule has 0 bridgehead atoms. The molecule has 0 atom stereocenters. The minimum atomic E-state index is -4.55. The Balaban J connectivity index is 1.45. The standard InChI is InChI=1S/C22H24F3N3O4S/c23-22(24,25)18-6-8-19(9-7-18)33(31,32)28-14-12-27(13-15-28)21(30)10-11-26-20(29)16-17-4-2-1-3-5-17/h1-9H,10-16H2,(H,26,29). The van der Waals surface area contributed by atoms with Crippen molar-refractivity contribution in [1.82, 2.24) is 14.5 Å². The Bertz CT molecular complexity index is 1070. The summed E-state index contributed by atoms with van der Waals surface area (Å²) in [6, 6.07) is 12.5. The zero-order valence-electron chi connectivity index (χ0n) is 17.7. The largest absolute Gasteiger partial charge is 0.416 e. The van der Waals surface area contributed by atoms with E-state index in [1.165, 1.54) is 4.90 Å². The maximum absolute atomic E-state index is 12.7. The van der Waals surface area contributed by atoms with Crippen molar-refractivity contribution in [2.75, 3.05) is 32.7 Å². The zero-order valence-corrected chi connectivity index (χ0v) is 18.5. The van der Waals surface area contributed by atoms with Crippen LogP contribution in [0.1, 0.15) is 17.5 Å². The third kappa shape index (κ3) is 6.55. The average molecular weight is 484 g/mol. The van der Waals surface area contributed by atoms with Crippen LogP contribution in [0.5, 0.6) is 0 Å². The van der Waals surface area contributed by atoms with E-state index in [-0.39, 0.29) is 62.3 Å². The highest BCUT2D eigenvalue weighted by molar-refractivity contribution is 7.89. The molecule has 2 aromatic rings. The van der Waals surface area contributed by atoms with Crippen molar-refractivity contribution in [3.05, 3.63) is 65.7 Å². The van der Waals surface area contributed by atoms with Crippen LogP contribution in [-0.2, 0) is 32.2 Å². The number of alkyl halides is 3. The molecular weight excluding hydrogens is 459 g/mol. The quantitative estimate of drug-likeness (QED) is 0.655. The molecule has 3 rings (SSSR count). The fraction of sp³-hybridized carbons (Fsp3) is 0.364. The summed E-state index contributed by atoms with van der Waals surface area (Å²) >= 11 is 0. The van der Waals surface area contributed by atoms with E-state index in [1.54, 1.807) is 0 Å². The molecule has 178 valence electrons. The predicted molar refractivity (Wildman–Crippen MR) is 115 cm³/mol. The van der Waals surface area contributed by atoms with Crippen molar-refractivity contribution in [2.24, 2.45) is 0 Å². The Kier molecular flexibility index (Phi) is 7.75. The highest BCUT2D eigenvalue weighted by Gasteiger charge is 2.33. The third-order valence-electron chi connectivity index (χ3n) is 5.28. The molecule has 2 aromatic carbocycles. The number of amides is 2. The van der Waals surface area contributed by atoms with E-state index in [2.05, 4.69) is 5.32 Å². The van der Waals surface area contributed by atoms with Gasteiger partial charge in [0, 0.05) is 39.1 Å². The van der Waals surface area contributed by atoms with Crippen LogP contribution in [0.2, 0.25) is 0 Å². The minimum absolute atomic E-state index is 0.0372. The van der Waals surface area contributed by atoms with E-state index in [0.29, 0.717) is 0 Å². The number of nitrogens with one attached hydrogen (secondary N) is 1. The molecule has 1 heterocycles. The summed E-state index contributed by atoms with van der Waals surface area (Å²) in [6.07, 6.45) is -4.24. The first kappa shape index (κ1) is 24.7. The fourth-order valence-electron chi connectivity index (χ4n) is 3.45. The molecule has 7 nitrogen and oxygen atoms in total. The minimum Gasteiger partial charge on any atom is -0.355 e. The number of nitrogens with zero attached hydrogens (tertiary/aromatic N) is 2. The van der Waals surface area contributed by atoms with Gasteiger partial charge in [-0.25, -0.2) is 8.42 Å². The number of rotatable bonds is 7. The SMILES string of the molecule is O=C(Cc1ccccc1)NCCC(=O)N1CCN(S(=O)(=O)c2ccc(C(F)(F)F)cc2)CC1. The summed E-state index contributed by atoms with van der Waals surface area (Å²) < 4.78 is 64.7. The van der Waals surface area contributed by atoms with Gasteiger partial charge < -0.3 is 10.2 Å². The number of carbonyl (C=O) groups is 2. The Labute approximate surface area is 190 Å². The van der Waals surface area contributed by atoms with Gasteiger partial charge in [0.25, 0.3) is 0 Å². The molecule has 1 aliphatic rings. The summed E-state index contributed by atoms with van der Waals surface area (Å²) in [5, 5.41) is 2.70. The van der Waals surface area contributed by atoms with Crippen LogP contribution < -0.4 is 5.32 Å². The molecule has 1 saturated heterocycles. The summed E-state index contributed by atoms with van der Waals surface area (Å²) in [5.41, 5.74) is -0.0561. The Morgan fingerprint density at radius 2 is 1.52 bits per heavy atom. The lowest BCUT2D eigenvalue weighted by atomic mass is 10.1. The molecule has 1 aliphatic heterocycles.